The molecule has 3 amide bonds. The summed E-state index contributed by atoms with van der Waals surface area (Å²) in [5, 5.41) is 12.1. The van der Waals surface area contributed by atoms with Gasteiger partial charge in [0.25, 0.3) is 5.91 Å². The van der Waals surface area contributed by atoms with E-state index in [0.29, 0.717) is 41.6 Å². The molecule has 1 saturated carbocycles. The van der Waals surface area contributed by atoms with Gasteiger partial charge in [0.1, 0.15) is 17.1 Å². The van der Waals surface area contributed by atoms with Gasteiger partial charge in [0, 0.05) is 34.5 Å². The number of aliphatic carboxylic acids is 1. The van der Waals surface area contributed by atoms with Crippen molar-refractivity contribution in [3.05, 3.63) is 47.2 Å². The van der Waals surface area contributed by atoms with Crippen molar-refractivity contribution in [2.75, 3.05) is 23.8 Å². The smallest absolute Gasteiger partial charge is 0.352 e. The van der Waals surface area contributed by atoms with Gasteiger partial charge in [-0.1, -0.05) is 0 Å². The molecule has 1 aromatic rings. The molecule has 0 aromatic heterocycles. The number of thioether (sulfide) groups is 2. The Kier molecular flexibility index (Phi) is 6.07. The van der Waals surface area contributed by atoms with Crippen LogP contribution in [-0.2, 0) is 19.2 Å². The van der Waals surface area contributed by atoms with Crippen LogP contribution in [0.1, 0.15) is 19.3 Å². The third-order valence-corrected chi connectivity index (χ3v) is 8.57. The normalized spacial score (nSPS) is 25.5. The number of hydrogen-bond donors (Lipinski definition) is 3. The molecule has 4 N–H and O–H groups in total. The Hall–Kier alpha value is -2.92. The summed E-state index contributed by atoms with van der Waals surface area (Å²) in [6.07, 6.45) is 4.28. The summed E-state index contributed by atoms with van der Waals surface area (Å²) >= 11 is 2.72. The minimum Gasteiger partial charge on any atom is -0.477 e. The van der Waals surface area contributed by atoms with Crippen LogP contribution >= 0.6 is 23.5 Å². The van der Waals surface area contributed by atoms with Crippen LogP contribution in [0.25, 0.3) is 0 Å². The number of nitrogens with two attached hydrogens (primary N) is 1. The lowest BCUT2D eigenvalue weighted by atomic mass is 10.0. The van der Waals surface area contributed by atoms with Crippen molar-refractivity contribution in [2.45, 2.75) is 41.6 Å². The van der Waals surface area contributed by atoms with Crippen molar-refractivity contribution in [3.8, 4) is 0 Å². The zero-order valence-electron chi connectivity index (χ0n) is 18.2. The molecule has 4 aliphatic rings. The van der Waals surface area contributed by atoms with Gasteiger partial charge < -0.3 is 21.1 Å². The predicted molar refractivity (Wildman–Crippen MR) is 129 cm³/mol. The number of fused-ring (bicyclic) bond motifs is 1. The quantitative estimate of drug-likeness (QED) is 0.222. The van der Waals surface area contributed by atoms with Crippen LogP contribution in [0.2, 0.25) is 0 Å². The van der Waals surface area contributed by atoms with Crippen molar-refractivity contribution in [3.63, 3.8) is 0 Å². The van der Waals surface area contributed by atoms with Crippen molar-refractivity contribution in [2.24, 2.45) is 0 Å². The number of amides is 3. The van der Waals surface area contributed by atoms with Gasteiger partial charge in [0.2, 0.25) is 11.8 Å². The first kappa shape index (κ1) is 22.9. The second kappa shape index (κ2) is 9.03. The summed E-state index contributed by atoms with van der Waals surface area (Å²) in [5.41, 5.74) is 7.27. The van der Waals surface area contributed by atoms with Gasteiger partial charge in [0.15, 0.2) is 0 Å². The number of carboxylic acid groups (broad SMARTS) is 1. The maximum atomic E-state index is 12.8. The van der Waals surface area contributed by atoms with E-state index in [4.69, 9.17) is 5.73 Å². The fourth-order valence-electron chi connectivity index (χ4n) is 4.39. The molecule has 2 saturated heterocycles. The number of nitrogen functional groups attached to an aromatic ring is 1. The Bertz CT molecular complexity index is 1130. The molecule has 34 heavy (non-hydrogen) atoms. The van der Waals surface area contributed by atoms with E-state index in [1.807, 2.05) is 17.0 Å². The van der Waals surface area contributed by atoms with E-state index in [1.165, 1.54) is 28.4 Å². The summed E-state index contributed by atoms with van der Waals surface area (Å²) < 4.78 is 0. The van der Waals surface area contributed by atoms with E-state index in [-0.39, 0.29) is 23.3 Å². The zero-order valence-corrected chi connectivity index (χ0v) is 19.9. The molecule has 5 rings (SSSR count). The molecule has 178 valence electrons. The number of carbonyl (C=O) groups excluding carboxylic acids is 3. The molecule has 11 heteroatoms. The number of nitrogens with zero attached hydrogens (tertiary/aromatic N) is 2. The first-order valence-electron chi connectivity index (χ1n) is 11.0. The average Bonchev–Trinajstić information content (AvgIpc) is 3.60. The molecule has 9 nitrogen and oxygen atoms in total. The number of carbonyl (C=O) groups is 4. The molecule has 3 fully saturated rings. The molecule has 3 heterocycles. The van der Waals surface area contributed by atoms with E-state index in [2.05, 4.69) is 5.32 Å². The summed E-state index contributed by atoms with van der Waals surface area (Å²) in [4.78, 5) is 54.0. The van der Waals surface area contributed by atoms with Crippen LogP contribution in [0.4, 0.5) is 5.69 Å². The maximum Gasteiger partial charge on any atom is 0.352 e. The number of rotatable bonds is 7. The lowest BCUT2D eigenvalue weighted by molar-refractivity contribution is -0.150. The number of nitrogens with one attached hydrogen (secondary N) is 1. The minimum atomic E-state index is -1.21. The van der Waals surface area contributed by atoms with Crippen LogP contribution < -0.4 is 11.1 Å². The van der Waals surface area contributed by atoms with E-state index in [0.717, 1.165) is 17.7 Å². The van der Waals surface area contributed by atoms with Crippen LogP contribution in [0.5, 0.6) is 0 Å². The molecule has 2 atom stereocenters. The molecular weight excluding hydrogens is 476 g/mol. The third-order valence-electron chi connectivity index (χ3n) is 6.26. The molecule has 3 aliphatic heterocycles. The second-order valence-electron chi connectivity index (χ2n) is 8.64. The van der Waals surface area contributed by atoms with E-state index < -0.39 is 23.3 Å². The Labute approximate surface area is 204 Å². The van der Waals surface area contributed by atoms with Crippen molar-refractivity contribution >= 4 is 52.9 Å². The van der Waals surface area contributed by atoms with Gasteiger partial charge in [-0.25, -0.2) is 4.79 Å². The van der Waals surface area contributed by atoms with Gasteiger partial charge in [-0.3, -0.25) is 19.3 Å². The highest BCUT2D eigenvalue weighted by molar-refractivity contribution is 8.00. The monoisotopic (exact) mass is 500 g/mol. The largest absolute Gasteiger partial charge is 0.477 e. The summed E-state index contributed by atoms with van der Waals surface area (Å²) in [6, 6.07) is 6.68. The van der Waals surface area contributed by atoms with E-state index in [1.54, 1.807) is 18.2 Å². The number of anilines is 1. The zero-order chi connectivity index (χ0) is 24.0. The highest BCUT2D eigenvalue weighted by Crippen LogP contribution is 2.42. The standard InChI is InChI=1S/C23H24N4O5S2/c24-14-1-5-16(6-2-14)33-11-17(28)25-18-21(30)27-19(23(31)32)13(10-34-22(18)27)9-12-7-8-26(20(12)29)15-3-4-15/h1-2,5-6,9,15,18,22H,3-4,7-8,10-11,24H2,(H,25,28)(H,31,32)/b12-9+/t18-,22-/m1/s1. The van der Waals surface area contributed by atoms with E-state index >= 15 is 0 Å². The lowest BCUT2D eigenvalue weighted by Crippen LogP contribution is -2.70. The fourth-order valence-corrected chi connectivity index (χ4v) is 6.41. The maximum absolute atomic E-state index is 12.8. The average molecular weight is 501 g/mol. The number of allylic oxidation sites excluding steroid dienone is 1. The highest BCUT2D eigenvalue weighted by atomic mass is 32.2. The molecule has 0 radical (unpaired) electrons. The van der Waals surface area contributed by atoms with Gasteiger partial charge in [-0.05, 0) is 55.2 Å². The molecule has 1 aliphatic carbocycles. The molecule has 0 spiro atoms. The number of hydrogen-bond acceptors (Lipinski definition) is 7. The lowest BCUT2D eigenvalue weighted by Gasteiger charge is -2.49. The molecule has 0 unspecified atom stereocenters. The van der Waals surface area contributed by atoms with Gasteiger partial charge in [-0.15, -0.1) is 23.5 Å². The number of benzene rings is 1. The van der Waals surface area contributed by atoms with Crippen LogP contribution in [-0.4, -0.2) is 74.1 Å². The van der Waals surface area contributed by atoms with Crippen molar-refractivity contribution in [1.82, 2.24) is 15.1 Å². The van der Waals surface area contributed by atoms with Crippen LogP contribution in [0.15, 0.2) is 52.1 Å². The highest BCUT2D eigenvalue weighted by Gasteiger charge is 2.54. The Morgan fingerprint density at radius 1 is 1.24 bits per heavy atom. The summed E-state index contributed by atoms with van der Waals surface area (Å²) in [6.45, 7) is 0.659. The van der Waals surface area contributed by atoms with Gasteiger partial charge in [-0.2, -0.15) is 0 Å². The van der Waals surface area contributed by atoms with Crippen LogP contribution in [0, 0.1) is 0 Å². The molecular formula is C23H24N4O5S2. The number of likely N-dealkylation sites (tertiary alicyclic amines) is 1. The van der Waals surface area contributed by atoms with Gasteiger partial charge in [0.05, 0.1) is 5.75 Å². The number of β-lactam (4-membered cyclic amide) rings is 1. The number of carboxylic acids is 1. The SMILES string of the molecule is Nc1ccc(SCC(=O)N[C@@H]2C(=O)N3C(C(=O)O)=C(/C=C4\CCN(C5CC5)C4=O)CS[C@H]23)cc1. The second-order valence-corrected chi connectivity index (χ2v) is 10.8. The Morgan fingerprint density at radius 2 is 1.97 bits per heavy atom. The fraction of sp³-hybridized carbons (Fsp3) is 0.391. The van der Waals surface area contributed by atoms with Crippen LogP contribution in [0.3, 0.4) is 0 Å². The molecule has 0 bridgehead atoms. The first-order valence-corrected chi connectivity index (χ1v) is 13.1. The van der Waals surface area contributed by atoms with Crippen molar-refractivity contribution in [1.29, 1.82) is 0 Å². The van der Waals surface area contributed by atoms with Gasteiger partial charge >= 0.3 is 5.97 Å². The first-order chi connectivity index (χ1) is 16.3. The Morgan fingerprint density at radius 3 is 2.65 bits per heavy atom. The Balaban J connectivity index is 1.25. The molecule has 1 aromatic carbocycles. The minimum absolute atomic E-state index is 0.0365. The summed E-state index contributed by atoms with van der Waals surface area (Å²) in [7, 11) is 0. The summed E-state index contributed by atoms with van der Waals surface area (Å²) in [5.74, 6) is -1.52. The topological polar surface area (TPSA) is 133 Å². The van der Waals surface area contributed by atoms with Crippen molar-refractivity contribution < 1.29 is 24.3 Å². The third kappa shape index (κ3) is 4.29. The predicted octanol–water partition coefficient (Wildman–Crippen LogP) is 1.42. The van der Waals surface area contributed by atoms with E-state index in [9.17, 15) is 24.3 Å².